The number of ether oxygens (including phenoxy) is 1. The summed E-state index contributed by atoms with van der Waals surface area (Å²) in [5, 5.41) is 10.5. The molecule has 98 valence electrons. The molecule has 0 amide bonds. The molecule has 3 rings (SSSR count). The van der Waals surface area contributed by atoms with Crippen LogP contribution in [0.25, 0.3) is 0 Å². The molecule has 2 atom stereocenters. The van der Waals surface area contributed by atoms with Gasteiger partial charge in [0, 0.05) is 22.6 Å². The van der Waals surface area contributed by atoms with Crippen LogP contribution < -0.4 is 4.74 Å². The first kappa shape index (κ1) is 12.5. The largest absolute Gasteiger partial charge is 0.485 e. The van der Waals surface area contributed by atoms with Crippen LogP contribution in [0.2, 0.25) is 5.02 Å². The van der Waals surface area contributed by atoms with Crippen LogP contribution in [-0.4, -0.2) is 5.11 Å². The maximum absolute atomic E-state index is 13.9. The number of halogens is 2. The number of hydrogen-bond donors (Lipinski definition) is 1. The molecule has 19 heavy (non-hydrogen) atoms. The van der Waals surface area contributed by atoms with Gasteiger partial charge in [-0.15, -0.1) is 0 Å². The number of hydrogen-bond acceptors (Lipinski definition) is 2. The molecule has 0 radical (unpaired) electrons. The van der Waals surface area contributed by atoms with E-state index in [2.05, 4.69) is 0 Å². The minimum Gasteiger partial charge on any atom is -0.485 e. The zero-order valence-corrected chi connectivity index (χ0v) is 10.8. The minimum absolute atomic E-state index is 0.329. The van der Waals surface area contributed by atoms with Crippen LogP contribution in [0.15, 0.2) is 42.5 Å². The molecule has 2 unspecified atom stereocenters. The average molecular weight is 279 g/mol. The summed E-state index contributed by atoms with van der Waals surface area (Å²) in [7, 11) is 0. The first-order valence-corrected chi connectivity index (χ1v) is 6.41. The Morgan fingerprint density at radius 1 is 1.16 bits per heavy atom. The average Bonchev–Trinajstić information content (AvgIpc) is 2.38. The Morgan fingerprint density at radius 3 is 2.74 bits per heavy atom. The first-order valence-electron chi connectivity index (χ1n) is 6.04. The van der Waals surface area contributed by atoms with Crippen LogP contribution in [0.3, 0.4) is 0 Å². The smallest absolute Gasteiger partial charge is 0.131 e. The fourth-order valence-corrected chi connectivity index (χ4v) is 2.51. The third-order valence-corrected chi connectivity index (χ3v) is 3.53. The van der Waals surface area contributed by atoms with E-state index in [1.807, 2.05) is 18.2 Å². The maximum Gasteiger partial charge on any atom is 0.131 e. The summed E-state index contributed by atoms with van der Waals surface area (Å²) in [4.78, 5) is 0. The molecular weight excluding hydrogens is 267 g/mol. The monoisotopic (exact) mass is 278 g/mol. The summed E-state index contributed by atoms with van der Waals surface area (Å²) >= 11 is 5.74. The van der Waals surface area contributed by atoms with Crippen LogP contribution in [-0.2, 0) is 0 Å². The molecule has 2 aromatic carbocycles. The van der Waals surface area contributed by atoms with Gasteiger partial charge in [-0.05, 0) is 18.2 Å². The Bertz CT molecular complexity index is 615. The Kier molecular flexibility index (Phi) is 3.17. The first-order chi connectivity index (χ1) is 9.15. The zero-order valence-electron chi connectivity index (χ0n) is 10.0. The van der Waals surface area contributed by atoms with Crippen LogP contribution in [0.1, 0.15) is 29.8 Å². The van der Waals surface area contributed by atoms with Gasteiger partial charge in [-0.1, -0.05) is 35.9 Å². The highest BCUT2D eigenvalue weighted by Crippen LogP contribution is 2.41. The molecule has 1 aliphatic heterocycles. The number of rotatable bonds is 1. The van der Waals surface area contributed by atoms with E-state index in [4.69, 9.17) is 16.3 Å². The van der Waals surface area contributed by atoms with Crippen molar-refractivity contribution in [1.82, 2.24) is 0 Å². The Morgan fingerprint density at radius 2 is 1.95 bits per heavy atom. The molecular formula is C15H12ClFO2. The number of fused-ring (bicyclic) bond motifs is 1. The second kappa shape index (κ2) is 4.83. The van der Waals surface area contributed by atoms with Crippen molar-refractivity contribution in [3.8, 4) is 5.75 Å². The van der Waals surface area contributed by atoms with Crippen molar-refractivity contribution < 1.29 is 14.2 Å². The van der Waals surface area contributed by atoms with Gasteiger partial charge in [-0.25, -0.2) is 4.39 Å². The molecule has 0 spiro atoms. The Balaban J connectivity index is 1.97. The van der Waals surface area contributed by atoms with Crippen molar-refractivity contribution in [3.63, 3.8) is 0 Å². The van der Waals surface area contributed by atoms with E-state index < -0.39 is 18.0 Å². The predicted molar refractivity (Wildman–Crippen MR) is 70.8 cm³/mol. The molecule has 4 heteroatoms. The molecule has 0 aliphatic carbocycles. The van der Waals surface area contributed by atoms with Crippen molar-refractivity contribution in [3.05, 3.63) is 64.4 Å². The molecule has 0 saturated carbocycles. The fraction of sp³-hybridized carbons (Fsp3) is 0.200. The van der Waals surface area contributed by atoms with Crippen molar-refractivity contribution in [2.45, 2.75) is 18.6 Å². The zero-order chi connectivity index (χ0) is 13.4. The highest BCUT2D eigenvalue weighted by Gasteiger charge is 2.29. The maximum atomic E-state index is 13.9. The molecule has 2 aromatic rings. The second-order valence-electron chi connectivity index (χ2n) is 4.56. The Labute approximate surface area is 115 Å². The molecule has 0 fully saturated rings. The van der Waals surface area contributed by atoms with Gasteiger partial charge in [0.2, 0.25) is 0 Å². The fourth-order valence-electron chi connectivity index (χ4n) is 2.35. The van der Waals surface area contributed by atoms with E-state index in [1.54, 1.807) is 18.2 Å². The quantitative estimate of drug-likeness (QED) is 0.853. The van der Waals surface area contributed by atoms with Crippen molar-refractivity contribution in [2.24, 2.45) is 0 Å². The van der Waals surface area contributed by atoms with Crippen LogP contribution in [0.5, 0.6) is 5.75 Å². The summed E-state index contributed by atoms with van der Waals surface area (Å²) in [5.41, 5.74) is 1.16. The molecule has 1 N–H and O–H groups in total. The lowest BCUT2D eigenvalue weighted by Gasteiger charge is -2.30. The van der Waals surface area contributed by atoms with Crippen molar-refractivity contribution in [1.29, 1.82) is 0 Å². The topological polar surface area (TPSA) is 29.5 Å². The molecule has 0 saturated heterocycles. The van der Waals surface area contributed by atoms with Gasteiger partial charge >= 0.3 is 0 Å². The van der Waals surface area contributed by atoms with Crippen molar-refractivity contribution in [2.75, 3.05) is 0 Å². The number of benzene rings is 2. The molecule has 1 heterocycles. The van der Waals surface area contributed by atoms with Gasteiger partial charge in [-0.2, -0.15) is 0 Å². The van der Waals surface area contributed by atoms with E-state index in [-0.39, 0.29) is 0 Å². The van der Waals surface area contributed by atoms with Crippen LogP contribution in [0.4, 0.5) is 4.39 Å². The highest BCUT2D eigenvalue weighted by molar-refractivity contribution is 6.30. The SMILES string of the molecule is OC1CC(c2ccc(Cl)cc2F)Oc2ccccc21. The normalized spacial score (nSPS) is 21.6. The van der Waals surface area contributed by atoms with Gasteiger partial charge in [0.1, 0.15) is 17.7 Å². The van der Waals surface area contributed by atoms with Gasteiger partial charge in [0.25, 0.3) is 0 Å². The van der Waals surface area contributed by atoms with Crippen molar-refractivity contribution >= 4 is 11.6 Å². The number of aliphatic hydroxyl groups excluding tert-OH is 1. The molecule has 0 bridgehead atoms. The van der Waals surface area contributed by atoms with Gasteiger partial charge in [0.05, 0.1) is 6.10 Å². The second-order valence-corrected chi connectivity index (χ2v) is 5.00. The van der Waals surface area contributed by atoms with E-state index in [0.717, 1.165) is 5.56 Å². The van der Waals surface area contributed by atoms with E-state index in [1.165, 1.54) is 6.07 Å². The summed E-state index contributed by atoms with van der Waals surface area (Å²) < 4.78 is 19.7. The van der Waals surface area contributed by atoms with Gasteiger partial charge < -0.3 is 9.84 Å². The number of para-hydroxylation sites is 1. The predicted octanol–water partition coefficient (Wildman–Crippen LogP) is 4.04. The third-order valence-electron chi connectivity index (χ3n) is 3.29. The lowest BCUT2D eigenvalue weighted by atomic mass is 9.95. The van der Waals surface area contributed by atoms with Crippen LogP contribution >= 0.6 is 11.6 Å². The molecule has 0 aromatic heterocycles. The molecule has 2 nitrogen and oxygen atoms in total. The van der Waals surface area contributed by atoms with E-state index >= 15 is 0 Å². The molecule has 1 aliphatic rings. The lowest BCUT2D eigenvalue weighted by Crippen LogP contribution is -2.19. The lowest BCUT2D eigenvalue weighted by molar-refractivity contribution is 0.0640. The van der Waals surface area contributed by atoms with Gasteiger partial charge in [0.15, 0.2) is 0 Å². The highest BCUT2D eigenvalue weighted by atomic mass is 35.5. The van der Waals surface area contributed by atoms with Gasteiger partial charge in [-0.3, -0.25) is 0 Å². The van der Waals surface area contributed by atoms with E-state index in [0.29, 0.717) is 22.8 Å². The summed E-state index contributed by atoms with van der Waals surface area (Å²) in [6.45, 7) is 0. The summed E-state index contributed by atoms with van der Waals surface area (Å²) in [6, 6.07) is 11.7. The minimum atomic E-state index is -0.648. The summed E-state index contributed by atoms with van der Waals surface area (Å²) in [6.07, 6.45) is -0.817. The number of aliphatic hydroxyl groups is 1. The van der Waals surface area contributed by atoms with Crippen LogP contribution in [0, 0.1) is 5.82 Å². The summed E-state index contributed by atoms with van der Waals surface area (Å²) in [5.74, 6) is 0.185. The standard InChI is InChI=1S/C15H12ClFO2/c16-9-5-6-10(12(17)7-9)15-8-13(18)11-3-1-2-4-14(11)19-15/h1-7,13,15,18H,8H2. The third kappa shape index (κ3) is 2.31. The Hall–Kier alpha value is -1.58. The van der Waals surface area contributed by atoms with E-state index in [9.17, 15) is 9.50 Å².